The summed E-state index contributed by atoms with van der Waals surface area (Å²) in [6.07, 6.45) is 0.373. The standard InChI is InChI=1S/C23H23ClFN3O5S2/c24-23-15(6-13-4-2-1-3-5-13)9-19(34-23)22(30)17-10-27-12-28-18(17)8-14-7-16(21(29)20(14)25)11-33-35(26,31)32/h1-5,9-10,12,14,16,20-21,29H,6-8,11H2,(H2,26,31,32)/t14-,16+,20+,21+/m0/s1. The van der Waals surface area contributed by atoms with Gasteiger partial charge >= 0.3 is 10.3 Å². The zero-order chi connectivity index (χ0) is 25.2. The smallest absolute Gasteiger partial charge is 0.333 e. The molecule has 4 rings (SSSR count). The lowest BCUT2D eigenvalue weighted by Gasteiger charge is -2.15. The molecule has 0 aliphatic heterocycles. The van der Waals surface area contributed by atoms with E-state index in [9.17, 15) is 22.7 Å². The highest BCUT2D eigenvalue weighted by Gasteiger charge is 2.43. The minimum Gasteiger partial charge on any atom is -0.390 e. The van der Waals surface area contributed by atoms with Crippen molar-refractivity contribution >= 4 is 39.0 Å². The maximum absolute atomic E-state index is 14.8. The van der Waals surface area contributed by atoms with E-state index in [1.54, 1.807) is 6.07 Å². The van der Waals surface area contributed by atoms with E-state index in [-0.39, 0.29) is 24.2 Å². The lowest BCUT2D eigenvalue weighted by Crippen LogP contribution is -2.29. The summed E-state index contributed by atoms with van der Waals surface area (Å²) in [5, 5.41) is 15.0. The van der Waals surface area contributed by atoms with Crippen LogP contribution >= 0.6 is 22.9 Å². The molecule has 12 heteroatoms. The number of hydrogen-bond donors (Lipinski definition) is 2. The van der Waals surface area contributed by atoms with Crippen LogP contribution in [0.5, 0.6) is 0 Å². The number of benzene rings is 1. The van der Waals surface area contributed by atoms with Crippen LogP contribution < -0.4 is 5.14 Å². The quantitative estimate of drug-likeness (QED) is 0.399. The Morgan fingerprint density at radius 2 is 2.03 bits per heavy atom. The number of nitrogens with two attached hydrogens (primary N) is 1. The number of aliphatic hydroxyl groups is 1. The highest BCUT2D eigenvalue weighted by molar-refractivity contribution is 7.84. The maximum atomic E-state index is 14.8. The van der Waals surface area contributed by atoms with E-state index in [1.165, 1.54) is 12.5 Å². The summed E-state index contributed by atoms with van der Waals surface area (Å²) in [5.41, 5.74) is 2.45. The van der Waals surface area contributed by atoms with E-state index in [4.69, 9.17) is 16.7 Å². The Hall–Kier alpha value is -2.28. The van der Waals surface area contributed by atoms with Gasteiger partial charge in [-0.3, -0.25) is 8.98 Å². The molecular weight excluding hydrogens is 517 g/mol. The Morgan fingerprint density at radius 1 is 1.29 bits per heavy atom. The van der Waals surface area contributed by atoms with Crippen molar-refractivity contribution in [1.82, 2.24) is 9.97 Å². The number of thiophene rings is 1. The van der Waals surface area contributed by atoms with Gasteiger partial charge in [0.1, 0.15) is 12.5 Å². The number of halogens is 2. The first-order valence-electron chi connectivity index (χ1n) is 10.8. The minimum atomic E-state index is -4.21. The average Bonchev–Trinajstić information content (AvgIpc) is 3.32. The van der Waals surface area contributed by atoms with Gasteiger partial charge in [-0.2, -0.15) is 8.42 Å². The van der Waals surface area contributed by atoms with Crippen molar-refractivity contribution in [2.45, 2.75) is 31.5 Å². The van der Waals surface area contributed by atoms with Gasteiger partial charge in [0.15, 0.2) is 0 Å². The molecular formula is C23H23ClFN3O5S2. The van der Waals surface area contributed by atoms with Crippen LogP contribution in [0.25, 0.3) is 0 Å². The van der Waals surface area contributed by atoms with Crippen molar-refractivity contribution in [2.75, 3.05) is 6.61 Å². The fourth-order valence-corrected chi connectivity index (χ4v) is 5.88. The molecule has 0 bridgehead atoms. The van der Waals surface area contributed by atoms with Crippen molar-refractivity contribution in [1.29, 1.82) is 0 Å². The Morgan fingerprint density at radius 3 is 2.74 bits per heavy atom. The van der Waals surface area contributed by atoms with Crippen molar-refractivity contribution in [3.05, 3.63) is 80.5 Å². The highest BCUT2D eigenvalue weighted by atomic mass is 35.5. The summed E-state index contributed by atoms with van der Waals surface area (Å²) < 4.78 is 42.0. The van der Waals surface area contributed by atoms with Crippen molar-refractivity contribution < 1.29 is 26.9 Å². The Bertz CT molecular complexity index is 1310. The number of carbonyl (C=O) groups excluding carboxylic acids is 1. The van der Waals surface area contributed by atoms with Crippen LogP contribution in [-0.4, -0.2) is 48.2 Å². The molecule has 1 aromatic carbocycles. The molecule has 2 aromatic heterocycles. The summed E-state index contributed by atoms with van der Waals surface area (Å²) in [4.78, 5) is 21.9. The number of rotatable bonds is 9. The molecule has 186 valence electrons. The van der Waals surface area contributed by atoms with Gasteiger partial charge in [-0.1, -0.05) is 41.9 Å². The Balaban J connectivity index is 1.51. The largest absolute Gasteiger partial charge is 0.390 e. The molecule has 1 aliphatic carbocycles. The molecule has 2 heterocycles. The van der Waals surface area contributed by atoms with Crippen LogP contribution in [0.15, 0.2) is 48.9 Å². The number of alkyl halides is 1. The van der Waals surface area contributed by atoms with Crippen LogP contribution in [0.2, 0.25) is 4.34 Å². The molecule has 0 spiro atoms. The topological polar surface area (TPSA) is 132 Å². The molecule has 3 N–H and O–H groups in total. The highest BCUT2D eigenvalue weighted by Crippen LogP contribution is 2.37. The van der Waals surface area contributed by atoms with Crippen LogP contribution in [0.4, 0.5) is 4.39 Å². The molecule has 4 atom stereocenters. The van der Waals surface area contributed by atoms with E-state index in [0.717, 1.165) is 22.5 Å². The molecule has 8 nitrogen and oxygen atoms in total. The number of hydrogen-bond acceptors (Lipinski definition) is 8. The zero-order valence-electron chi connectivity index (χ0n) is 18.4. The Labute approximate surface area is 211 Å². The van der Waals surface area contributed by atoms with Gasteiger partial charge in [-0.05, 0) is 42.4 Å². The third-order valence-electron chi connectivity index (χ3n) is 6.02. The number of aromatic nitrogens is 2. The molecule has 0 amide bonds. The van der Waals surface area contributed by atoms with E-state index < -0.39 is 41.0 Å². The van der Waals surface area contributed by atoms with Gasteiger partial charge in [-0.25, -0.2) is 19.5 Å². The molecule has 1 fully saturated rings. The monoisotopic (exact) mass is 539 g/mol. The first-order valence-corrected chi connectivity index (χ1v) is 13.4. The summed E-state index contributed by atoms with van der Waals surface area (Å²) in [6, 6.07) is 11.5. The lowest BCUT2D eigenvalue weighted by molar-refractivity contribution is 0.0438. The third-order valence-corrected chi connectivity index (χ3v) is 7.93. The first kappa shape index (κ1) is 25.8. The van der Waals surface area contributed by atoms with Crippen LogP contribution in [0, 0.1) is 11.8 Å². The van der Waals surface area contributed by atoms with Crippen molar-refractivity contribution in [3.8, 4) is 0 Å². The fourth-order valence-electron chi connectivity index (χ4n) is 4.29. The van der Waals surface area contributed by atoms with E-state index in [0.29, 0.717) is 21.3 Å². The van der Waals surface area contributed by atoms with Crippen LogP contribution in [0.3, 0.4) is 0 Å². The minimum absolute atomic E-state index is 0.0592. The molecule has 0 radical (unpaired) electrons. The van der Waals surface area contributed by atoms with Gasteiger partial charge in [0.25, 0.3) is 0 Å². The predicted octanol–water partition coefficient (Wildman–Crippen LogP) is 3.11. The third kappa shape index (κ3) is 6.29. The molecule has 0 unspecified atom stereocenters. The predicted molar refractivity (Wildman–Crippen MR) is 129 cm³/mol. The van der Waals surface area contributed by atoms with Crippen molar-refractivity contribution in [3.63, 3.8) is 0 Å². The molecule has 1 aliphatic rings. The molecule has 0 saturated heterocycles. The maximum Gasteiger partial charge on any atom is 0.333 e. The van der Waals surface area contributed by atoms with Crippen molar-refractivity contribution in [2.24, 2.45) is 17.0 Å². The van der Waals surface area contributed by atoms with Gasteiger partial charge in [0.2, 0.25) is 5.78 Å². The normalized spacial score (nSPS) is 22.4. The number of ketones is 1. The Kier molecular flexibility index (Phi) is 7.94. The fraction of sp³-hybridized carbons (Fsp3) is 0.348. The summed E-state index contributed by atoms with van der Waals surface area (Å²) in [5.74, 6) is -1.78. The summed E-state index contributed by atoms with van der Waals surface area (Å²) in [6.45, 7) is -0.426. The van der Waals surface area contributed by atoms with Gasteiger partial charge < -0.3 is 5.11 Å². The van der Waals surface area contributed by atoms with Crippen LogP contribution in [-0.2, 0) is 27.3 Å². The molecule has 35 heavy (non-hydrogen) atoms. The molecule has 3 aromatic rings. The number of nitrogens with zero attached hydrogens (tertiary/aromatic N) is 2. The van der Waals surface area contributed by atoms with E-state index >= 15 is 0 Å². The number of aliphatic hydroxyl groups excluding tert-OH is 1. The first-order chi connectivity index (χ1) is 16.6. The van der Waals surface area contributed by atoms with E-state index in [2.05, 4.69) is 14.2 Å². The van der Waals surface area contributed by atoms with Gasteiger partial charge in [0.05, 0.1) is 33.2 Å². The SMILES string of the molecule is NS(=O)(=O)OC[C@H]1C[C@@H](Cc2ncncc2C(=O)c2cc(Cc3ccccc3)c(Cl)s2)[C@@H](F)[C@@H]1O. The van der Waals surface area contributed by atoms with Crippen LogP contribution in [0.1, 0.15) is 38.5 Å². The van der Waals surface area contributed by atoms with Gasteiger partial charge in [0, 0.05) is 12.1 Å². The zero-order valence-corrected chi connectivity index (χ0v) is 20.8. The second-order valence-electron chi connectivity index (χ2n) is 8.46. The van der Waals surface area contributed by atoms with Gasteiger partial charge in [-0.15, -0.1) is 11.3 Å². The van der Waals surface area contributed by atoms with E-state index in [1.807, 2.05) is 30.3 Å². The second kappa shape index (κ2) is 10.8. The number of carbonyl (C=O) groups is 1. The average molecular weight is 540 g/mol. The summed E-state index contributed by atoms with van der Waals surface area (Å²) in [7, 11) is -4.21. The summed E-state index contributed by atoms with van der Waals surface area (Å²) >= 11 is 7.57. The lowest BCUT2D eigenvalue weighted by atomic mass is 9.95. The molecule has 1 saturated carbocycles. The second-order valence-corrected chi connectivity index (χ2v) is 11.3.